The summed E-state index contributed by atoms with van der Waals surface area (Å²) in [5.74, 6) is 0.233. The Balaban J connectivity index is 1.72. The van der Waals surface area contributed by atoms with Gasteiger partial charge in [0.2, 0.25) is 0 Å². The van der Waals surface area contributed by atoms with Crippen molar-refractivity contribution in [1.29, 1.82) is 0 Å². The minimum absolute atomic E-state index is 0.233. The Morgan fingerprint density at radius 1 is 1.00 bits per heavy atom. The normalized spacial score (nSPS) is 15.4. The van der Waals surface area contributed by atoms with Gasteiger partial charge in [0, 0.05) is 35.0 Å². The molecule has 0 unspecified atom stereocenters. The van der Waals surface area contributed by atoms with E-state index in [0.29, 0.717) is 5.56 Å². The van der Waals surface area contributed by atoms with Crippen LogP contribution in [0.2, 0.25) is 0 Å². The van der Waals surface area contributed by atoms with Gasteiger partial charge >= 0.3 is 0 Å². The molecule has 3 rings (SSSR count). The summed E-state index contributed by atoms with van der Waals surface area (Å²) in [6, 6.07) is 13.6. The molecule has 22 heavy (non-hydrogen) atoms. The van der Waals surface area contributed by atoms with Crippen LogP contribution in [-0.4, -0.2) is 24.4 Å². The number of hydrogen-bond acceptors (Lipinski definition) is 3. The number of phenolic OH excluding ortho intramolecular Hbond substituents is 1. The summed E-state index contributed by atoms with van der Waals surface area (Å²) in [6.45, 7) is 2.29. The summed E-state index contributed by atoms with van der Waals surface area (Å²) in [7, 11) is 0. The van der Waals surface area contributed by atoms with E-state index in [-0.39, 0.29) is 5.75 Å². The number of phenols is 1. The number of rotatable bonds is 3. The Kier molecular flexibility index (Phi) is 4.78. The first-order chi connectivity index (χ1) is 10.7. The largest absolute Gasteiger partial charge is 0.507 e. The Bertz CT molecular complexity index is 661. The quantitative estimate of drug-likeness (QED) is 0.792. The molecule has 0 spiro atoms. The fourth-order valence-electron chi connectivity index (χ4n) is 2.67. The van der Waals surface area contributed by atoms with E-state index in [9.17, 15) is 5.11 Å². The highest BCUT2D eigenvalue weighted by atomic mass is 79.9. The minimum atomic E-state index is 0.233. The predicted octanol–water partition coefficient (Wildman–Crippen LogP) is 4.90. The Labute approximate surface area is 139 Å². The summed E-state index contributed by atoms with van der Waals surface area (Å²) < 4.78 is 0.923. The van der Waals surface area contributed by atoms with Crippen molar-refractivity contribution in [3.05, 3.63) is 52.5 Å². The summed E-state index contributed by atoms with van der Waals surface area (Å²) in [5.41, 5.74) is 2.86. The lowest BCUT2D eigenvalue weighted by Crippen LogP contribution is -2.29. The highest BCUT2D eigenvalue weighted by Crippen LogP contribution is 2.24. The third-order valence-corrected chi connectivity index (χ3v) is 4.41. The highest BCUT2D eigenvalue weighted by molar-refractivity contribution is 9.10. The monoisotopic (exact) mass is 358 g/mol. The third kappa shape index (κ3) is 3.69. The molecule has 0 radical (unpaired) electrons. The van der Waals surface area contributed by atoms with Crippen LogP contribution in [0.4, 0.5) is 11.4 Å². The molecule has 3 nitrogen and oxygen atoms in total. The molecule has 1 aliphatic heterocycles. The first-order valence-electron chi connectivity index (χ1n) is 7.60. The van der Waals surface area contributed by atoms with Crippen molar-refractivity contribution in [2.24, 2.45) is 4.99 Å². The van der Waals surface area contributed by atoms with E-state index in [1.807, 2.05) is 18.2 Å². The maximum atomic E-state index is 9.81. The van der Waals surface area contributed by atoms with Crippen LogP contribution in [-0.2, 0) is 0 Å². The summed E-state index contributed by atoms with van der Waals surface area (Å²) in [4.78, 5) is 6.87. The fraction of sp³-hybridized carbons (Fsp3) is 0.278. The number of hydrogen-bond donors (Lipinski definition) is 1. The van der Waals surface area contributed by atoms with Gasteiger partial charge in [-0.3, -0.25) is 4.99 Å². The topological polar surface area (TPSA) is 35.8 Å². The molecule has 1 N–H and O–H groups in total. The first kappa shape index (κ1) is 15.1. The third-order valence-electron chi connectivity index (χ3n) is 3.91. The predicted molar refractivity (Wildman–Crippen MR) is 95.6 cm³/mol. The number of halogens is 1. The van der Waals surface area contributed by atoms with E-state index in [2.05, 4.69) is 38.0 Å². The van der Waals surface area contributed by atoms with E-state index in [4.69, 9.17) is 0 Å². The van der Waals surface area contributed by atoms with Gasteiger partial charge < -0.3 is 10.0 Å². The van der Waals surface area contributed by atoms with Gasteiger partial charge in [0.15, 0.2) is 0 Å². The van der Waals surface area contributed by atoms with Crippen LogP contribution < -0.4 is 4.90 Å². The molecule has 0 saturated carbocycles. The van der Waals surface area contributed by atoms with Crippen LogP contribution in [0.5, 0.6) is 5.75 Å². The zero-order valence-corrected chi connectivity index (χ0v) is 14.0. The van der Waals surface area contributed by atoms with Crippen molar-refractivity contribution in [2.45, 2.75) is 19.3 Å². The van der Waals surface area contributed by atoms with Gasteiger partial charge in [0.1, 0.15) is 5.75 Å². The number of aromatic hydroxyl groups is 1. The summed E-state index contributed by atoms with van der Waals surface area (Å²) >= 11 is 3.40. The molecule has 0 aromatic heterocycles. The van der Waals surface area contributed by atoms with E-state index in [1.54, 1.807) is 18.3 Å². The maximum Gasteiger partial charge on any atom is 0.124 e. The molecule has 1 aliphatic rings. The van der Waals surface area contributed by atoms with E-state index in [0.717, 1.165) is 23.2 Å². The van der Waals surface area contributed by atoms with Gasteiger partial charge in [0.25, 0.3) is 0 Å². The van der Waals surface area contributed by atoms with Crippen molar-refractivity contribution in [2.75, 3.05) is 18.0 Å². The number of anilines is 1. The number of piperidine rings is 1. The maximum absolute atomic E-state index is 9.81. The van der Waals surface area contributed by atoms with Crippen molar-refractivity contribution < 1.29 is 5.11 Å². The van der Waals surface area contributed by atoms with Crippen molar-refractivity contribution in [3.63, 3.8) is 0 Å². The van der Waals surface area contributed by atoms with Gasteiger partial charge in [-0.05, 0) is 61.7 Å². The van der Waals surface area contributed by atoms with Crippen LogP contribution in [0.15, 0.2) is 51.9 Å². The number of benzene rings is 2. The Hall–Kier alpha value is -1.81. The van der Waals surface area contributed by atoms with Crippen LogP contribution >= 0.6 is 15.9 Å². The van der Waals surface area contributed by atoms with Gasteiger partial charge in [-0.2, -0.15) is 0 Å². The van der Waals surface area contributed by atoms with E-state index >= 15 is 0 Å². The number of nitrogens with zero attached hydrogens (tertiary/aromatic N) is 2. The van der Waals surface area contributed by atoms with Crippen LogP contribution in [0.3, 0.4) is 0 Å². The zero-order chi connectivity index (χ0) is 15.4. The Morgan fingerprint density at radius 3 is 2.45 bits per heavy atom. The summed E-state index contributed by atoms with van der Waals surface area (Å²) in [5, 5.41) is 9.81. The molecule has 0 bridgehead atoms. The lowest BCUT2D eigenvalue weighted by molar-refractivity contribution is 0.474. The second kappa shape index (κ2) is 6.97. The average Bonchev–Trinajstić information content (AvgIpc) is 2.57. The van der Waals surface area contributed by atoms with Crippen LogP contribution in [0.1, 0.15) is 24.8 Å². The molecule has 4 heteroatoms. The summed E-state index contributed by atoms with van der Waals surface area (Å²) in [6.07, 6.45) is 5.59. The van der Waals surface area contributed by atoms with Gasteiger partial charge in [-0.25, -0.2) is 0 Å². The second-order valence-corrected chi connectivity index (χ2v) is 6.44. The molecule has 1 saturated heterocycles. The fourth-order valence-corrected chi connectivity index (χ4v) is 3.05. The molecule has 0 atom stereocenters. The second-order valence-electron chi connectivity index (χ2n) is 5.53. The van der Waals surface area contributed by atoms with Gasteiger partial charge in [0.05, 0.1) is 5.69 Å². The standard InChI is InChI=1S/C18H19BrN2O/c19-15-4-9-18(22)14(12-15)13-20-16-5-7-17(8-6-16)21-10-2-1-3-11-21/h4-9,12-13,22H,1-3,10-11H2. The molecule has 2 aromatic carbocycles. The van der Waals surface area contributed by atoms with Gasteiger partial charge in [-0.1, -0.05) is 15.9 Å². The molecule has 1 fully saturated rings. The van der Waals surface area contributed by atoms with Gasteiger partial charge in [-0.15, -0.1) is 0 Å². The smallest absolute Gasteiger partial charge is 0.124 e. The first-order valence-corrected chi connectivity index (χ1v) is 8.39. The number of aliphatic imine (C=N–C) groups is 1. The van der Waals surface area contributed by atoms with E-state index < -0.39 is 0 Å². The molecule has 114 valence electrons. The molecule has 1 heterocycles. The van der Waals surface area contributed by atoms with E-state index in [1.165, 1.54) is 24.9 Å². The van der Waals surface area contributed by atoms with Crippen molar-refractivity contribution in [3.8, 4) is 5.75 Å². The Morgan fingerprint density at radius 2 is 1.73 bits per heavy atom. The lowest BCUT2D eigenvalue weighted by atomic mass is 10.1. The average molecular weight is 359 g/mol. The highest BCUT2D eigenvalue weighted by Gasteiger charge is 2.10. The molecular weight excluding hydrogens is 340 g/mol. The zero-order valence-electron chi connectivity index (χ0n) is 12.4. The molecule has 0 amide bonds. The van der Waals surface area contributed by atoms with Crippen LogP contribution in [0, 0.1) is 0 Å². The minimum Gasteiger partial charge on any atom is -0.507 e. The van der Waals surface area contributed by atoms with Crippen molar-refractivity contribution >= 4 is 33.5 Å². The molecular formula is C18H19BrN2O. The SMILES string of the molecule is Oc1ccc(Br)cc1C=Nc1ccc(N2CCCCC2)cc1. The lowest BCUT2D eigenvalue weighted by Gasteiger charge is -2.28. The van der Waals surface area contributed by atoms with Crippen molar-refractivity contribution in [1.82, 2.24) is 0 Å². The molecule has 2 aromatic rings. The molecule has 0 aliphatic carbocycles. The van der Waals surface area contributed by atoms with Crippen LogP contribution in [0.25, 0.3) is 0 Å².